The summed E-state index contributed by atoms with van der Waals surface area (Å²) in [6.07, 6.45) is 4.54. The first kappa shape index (κ1) is 28.7. The second kappa shape index (κ2) is 12.0. The lowest BCUT2D eigenvalue weighted by molar-refractivity contribution is 0.0967. The number of benzene rings is 1. The van der Waals surface area contributed by atoms with Crippen molar-refractivity contribution in [2.75, 3.05) is 26.1 Å². The zero-order valence-corrected chi connectivity index (χ0v) is 23.8. The van der Waals surface area contributed by atoms with Gasteiger partial charge in [-0.15, -0.1) is 0 Å². The molecule has 3 heterocycles. The molecular weight excluding hydrogens is 540 g/mol. The molecule has 0 radical (unpaired) electrons. The fraction of sp³-hybridized carbons (Fsp3) is 0.323. The molecular formula is C31H32N4O7. The molecule has 1 aliphatic rings. The number of nitrogens with one attached hydrogen (secondary N) is 1. The van der Waals surface area contributed by atoms with Crippen LogP contribution in [0, 0.1) is 5.92 Å². The highest BCUT2D eigenvalue weighted by molar-refractivity contribution is 6.06. The van der Waals surface area contributed by atoms with Gasteiger partial charge in [-0.25, -0.2) is 4.98 Å². The highest BCUT2D eigenvalue weighted by atomic mass is 16.5. The lowest BCUT2D eigenvalue weighted by Gasteiger charge is -2.28. The molecule has 218 valence electrons. The number of fused-ring (bicyclic) bond motifs is 2. The number of nitrogens with zero attached hydrogens (tertiary/aromatic N) is 3. The van der Waals surface area contributed by atoms with E-state index < -0.39 is 17.5 Å². The fourth-order valence-corrected chi connectivity index (χ4v) is 5.18. The zero-order chi connectivity index (χ0) is 30.0. The van der Waals surface area contributed by atoms with Crippen molar-refractivity contribution in [1.82, 2.24) is 14.5 Å². The molecule has 42 heavy (non-hydrogen) atoms. The van der Waals surface area contributed by atoms with E-state index in [-0.39, 0.29) is 29.7 Å². The lowest BCUT2D eigenvalue weighted by Crippen LogP contribution is -2.39. The van der Waals surface area contributed by atoms with Gasteiger partial charge in [-0.2, -0.15) is 0 Å². The van der Waals surface area contributed by atoms with Crippen LogP contribution in [0.2, 0.25) is 0 Å². The van der Waals surface area contributed by atoms with Crippen LogP contribution in [0.25, 0.3) is 10.9 Å². The summed E-state index contributed by atoms with van der Waals surface area (Å²) in [6.45, 7) is 3.47. The van der Waals surface area contributed by atoms with Crippen LogP contribution >= 0.6 is 0 Å². The Morgan fingerprint density at radius 2 is 1.79 bits per heavy atom. The minimum atomic E-state index is -0.697. The van der Waals surface area contributed by atoms with Crippen LogP contribution in [-0.2, 0) is 6.42 Å². The third-order valence-corrected chi connectivity index (χ3v) is 7.40. The molecule has 1 aliphatic carbocycles. The number of aliphatic hydroxyl groups excluding tert-OH is 1. The Balaban J connectivity index is 1.41. The summed E-state index contributed by atoms with van der Waals surface area (Å²) in [6, 6.07) is 9.22. The lowest BCUT2D eigenvalue weighted by atomic mass is 9.91. The van der Waals surface area contributed by atoms with E-state index in [4.69, 9.17) is 14.2 Å². The van der Waals surface area contributed by atoms with E-state index >= 15 is 0 Å². The van der Waals surface area contributed by atoms with Gasteiger partial charge < -0.3 is 29.2 Å². The summed E-state index contributed by atoms with van der Waals surface area (Å²) < 4.78 is 18.2. The smallest absolute Gasteiger partial charge is 0.264 e. The van der Waals surface area contributed by atoms with Gasteiger partial charge in [0.1, 0.15) is 22.9 Å². The van der Waals surface area contributed by atoms with E-state index in [1.807, 2.05) is 13.8 Å². The summed E-state index contributed by atoms with van der Waals surface area (Å²) in [5, 5.41) is 13.4. The van der Waals surface area contributed by atoms with Crippen LogP contribution in [0.3, 0.4) is 0 Å². The Hall–Kier alpha value is -4.77. The highest BCUT2D eigenvalue weighted by Gasteiger charge is 2.29. The van der Waals surface area contributed by atoms with E-state index in [1.165, 1.54) is 16.8 Å². The van der Waals surface area contributed by atoms with Crippen LogP contribution in [0.1, 0.15) is 59.1 Å². The molecule has 3 aromatic heterocycles. The average molecular weight is 573 g/mol. The predicted molar refractivity (Wildman–Crippen MR) is 156 cm³/mol. The number of hydrogen-bond acceptors (Lipinski definition) is 9. The Bertz CT molecular complexity index is 1710. The summed E-state index contributed by atoms with van der Waals surface area (Å²) in [4.78, 5) is 48.3. The topological polar surface area (TPSA) is 142 Å². The minimum absolute atomic E-state index is 0.0954. The molecule has 1 atom stereocenters. The first-order valence-corrected chi connectivity index (χ1v) is 13.6. The Labute approximate surface area is 242 Å². The van der Waals surface area contributed by atoms with Crippen molar-refractivity contribution < 1.29 is 28.9 Å². The number of Topliss-reactive ketones (excluding diaryl/α,β-unsaturated/α-hetero) is 1. The molecule has 1 aromatic carbocycles. The summed E-state index contributed by atoms with van der Waals surface area (Å²) >= 11 is 0. The van der Waals surface area contributed by atoms with E-state index in [9.17, 15) is 19.5 Å². The van der Waals surface area contributed by atoms with E-state index in [2.05, 4.69) is 15.3 Å². The second-order valence-electron chi connectivity index (χ2n) is 10.3. The van der Waals surface area contributed by atoms with Gasteiger partial charge in [0.2, 0.25) is 0 Å². The number of hydrogen-bond donors (Lipinski definition) is 2. The number of methoxy groups -OCH3 is 2. The van der Waals surface area contributed by atoms with Crippen molar-refractivity contribution in [3.63, 3.8) is 0 Å². The Kier molecular flexibility index (Phi) is 8.21. The number of amides is 1. The molecule has 0 saturated carbocycles. The fourth-order valence-electron chi connectivity index (χ4n) is 5.18. The first-order chi connectivity index (χ1) is 20.2. The van der Waals surface area contributed by atoms with Gasteiger partial charge in [0.25, 0.3) is 11.5 Å². The molecule has 4 aromatic rings. The number of carbonyl (C=O) groups excluding carboxylic acids is 2. The molecule has 5 rings (SSSR count). The molecule has 11 heteroatoms. The van der Waals surface area contributed by atoms with Gasteiger partial charge in [0.15, 0.2) is 17.3 Å². The third kappa shape index (κ3) is 5.42. The quantitative estimate of drug-likeness (QED) is 0.295. The van der Waals surface area contributed by atoms with Gasteiger partial charge in [-0.1, -0.05) is 13.8 Å². The average Bonchev–Trinajstić information content (AvgIpc) is 2.98. The maximum absolute atomic E-state index is 13.6. The molecule has 0 aliphatic heterocycles. The first-order valence-electron chi connectivity index (χ1n) is 13.6. The zero-order valence-electron chi connectivity index (χ0n) is 23.8. The Morgan fingerprint density at radius 1 is 1.02 bits per heavy atom. The number of anilines is 1. The molecule has 0 unspecified atom stereocenters. The minimum Gasteiger partial charge on any atom is -0.493 e. The summed E-state index contributed by atoms with van der Waals surface area (Å²) in [7, 11) is 3.10. The summed E-state index contributed by atoms with van der Waals surface area (Å²) in [5.41, 5.74) is 0.834. The van der Waals surface area contributed by atoms with Crippen molar-refractivity contribution in [1.29, 1.82) is 0 Å². The van der Waals surface area contributed by atoms with E-state index in [1.54, 1.807) is 50.7 Å². The largest absolute Gasteiger partial charge is 0.493 e. The SMILES string of the molecule is COc1cc2nccc(Oc3ccc(NC(=O)c4cc5c(n([C@H](CO)C(C)C)c4=O)CCCC5=O)nc3)c2cc1OC. The van der Waals surface area contributed by atoms with Gasteiger partial charge >= 0.3 is 0 Å². The van der Waals surface area contributed by atoms with Crippen LogP contribution in [0.15, 0.2) is 53.6 Å². The van der Waals surface area contributed by atoms with Gasteiger partial charge in [0.05, 0.1) is 38.6 Å². The number of aliphatic hydroxyl groups is 1. The van der Waals surface area contributed by atoms with E-state index in [0.29, 0.717) is 64.4 Å². The number of ether oxygens (including phenoxy) is 3. The van der Waals surface area contributed by atoms with Crippen molar-refractivity contribution in [2.24, 2.45) is 5.92 Å². The van der Waals surface area contributed by atoms with Crippen molar-refractivity contribution in [3.8, 4) is 23.0 Å². The molecule has 0 saturated heterocycles. The van der Waals surface area contributed by atoms with Crippen LogP contribution in [0.4, 0.5) is 5.82 Å². The molecule has 2 N–H and O–H groups in total. The molecule has 1 amide bonds. The maximum Gasteiger partial charge on any atom is 0.264 e. The van der Waals surface area contributed by atoms with E-state index in [0.717, 1.165) is 0 Å². The number of carbonyl (C=O) groups is 2. The summed E-state index contributed by atoms with van der Waals surface area (Å²) in [5.74, 6) is 1.26. The molecule has 0 spiro atoms. The number of aromatic nitrogens is 3. The normalized spacial score (nSPS) is 13.5. The monoisotopic (exact) mass is 572 g/mol. The van der Waals surface area contributed by atoms with Gasteiger partial charge in [-0.05, 0) is 49.1 Å². The van der Waals surface area contributed by atoms with Gasteiger partial charge in [-0.3, -0.25) is 19.4 Å². The standard InChI is InChI=1S/C31H32N4O7/c1-17(2)24(16-36)35-23-6-5-7-25(37)20(23)12-21(31(35)39)30(38)34-29-9-8-18(15-33-29)42-26-10-11-32-22-14-28(41-4)27(40-3)13-19(22)26/h8-15,17,24,36H,5-7,16H2,1-4H3,(H,33,34,38)/t24-/m1/s1. The second-order valence-corrected chi connectivity index (χ2v) is 10.3. The number of rotatable bonds is 9. The van der Waals surface area contributed by atoms with Crippen LogP contribution < -0.4 is 25.1 Å². The molecule has 0 fully saturated rings. The third-order valence-electron chi connectivity index (χ3n) is 7.40. The van der Waals surface area contributed by atoms with Crippen molar-refractivity contribution >= 4 is 28.4 Å². The van der Waals surface area contributed by atoms with Crippen LogP contribution in [0.5, 0.6) is 23.0 Å². The highest BCUT2D eigenvalue weighted by Crippen LogP contribution is 2.37. The van der Waals surface area contributed by atoms with Crippen molar-refractivity contribution in [2.45, 2.75) is 39.2 Å². The van der Waals surface area contributed by atoms with Crippen LogP contribution in [-0.4, -0.2) is 52.2 Å². The number of ketones is 1. The molecule has 11 nitrogen and oxygen atoms in total. The predicted octanol–water partition coefficient (Wildman–Crippen LogP) is 4.56. The Morgan fingerprint density at radius 3 is 2.45 bits per heavy atom. The molecule has 0 bridgehead atoms. The van der Waals surface area contributed by atoms with Gasteiger partial charge in [0, 0.05) is 35.3 Å². The number of pyridine rings is 3. The maximum atomic E-state index is 13.6. The van der Waals surface area contributed by atoms with Crippen molar-refractivity contribution in [3.05, 3.63) is 76.0 Å².